The van der Waals surface area contributed by atoms with Gasteiger partial charge in [-0.15, -0.1) is 0 Å². The number of Topliss-reactive ketones (excluding diaryl/α,β-unsaturated/α-hetero) is 1. The summed E-state index contributed by atoms with van der Waals surface area (Å²) in [7, 11) is 0. The maximum absolute atomic E-state index is 11.8. The van der Waals surface area contributed by atoms with Gasteiger partial charge in [0.05, 0.1) is 0 Å². The molecular weight excluding hydrogens is 286 g/mol. The van der Waals surface area contributed by atoms with Gasteiger partial charge in [0.15, 0.2) is 0 Å². The molecule has 126 valence electrons. The van der Waals surface area contributed by atoms with Crippen molar-refractivity contribution in [1.29, 1.82) is 0 Å². The van der Waals surface area contributed by atoms with E-state index < -0.39 is 0 Å². The molecule has 4 nitrogen and oxygen atoms in total. The smallest absolute Gasteiger partial charge is 0.246 e. The van der Waals surface area contributed by atoms with Crippen LogP contribution in [0.2, 0.25) is 0 Å². The van der Waals surface area contributed by atoms with Crippen LogP contribution in [0.4, 0.5) is 0 Å². The molecule has 0 spiro atoms. The Labute approximate surface area is 135 Å². The number of unbranched alkanes of at least 4 members (excludes halogenated alkanes) is 2. The third-order valence-electron chi connectivity index (χ3n) is 3.37. The molecule has 0 aliphatic heterocycles. The number of amides is 1. The standard InChI is InChI=1S/C14H27NO3S.C2H6/c1-11(14(3,4)19)10-13(17)15(18)9-7-5-6-8-12(2)16;1-2/h11,18-19H,5-10H2,1-4H3;1-2H3. The molecule has 21 heavy (non-hydrogen) atoms. The van der Waals surface area contributed by atoms with Gasteiger partial charge < -0.3 is 4.79 Å². The molecule has 0 radical (unpaired) electrons. The van der Waals surface area contributed by atoms with E-state index >= 15 is 0 Å². The molecule has 0 aromatic carbocycles. The summed E-state index contributed by atoms with van der Waals surface area (Å²) < 4.78 is -0.238. The second-order valence-electron chi connectivity index (χ2n) is 5.79. The highest BCUT2D eigenvalue weighted by Crippen LogP contribution is 2.26. The summed E-state index contributed by atoms with van der Waals surface area (Å²) in [5.41, 5.74) is 0. The van der Waals surface area contributed by atoms with Gasteiger partial charge in [-0.1, -0.05) is 41.0 Å². The molecule has 0 aliphatic carbocycles. The first-order valence-electron chi connectivity index (χ1n) is 7.85. The third-order valence-corrected chi connectivity index (χ3v) is 3.81. The highest BCUT2D eigenvalue weighted by Gasteiger charge is 2.25. The van der Waals surface area contributed by atoms with Crippen LogP contribution in [0.5, 0.6) is 0 Å². The molecule has 5 heteroatoms. The van der Waals surface area contributed by atoms with Gasteiger partial charge in [0, 0.05) is 24.1 Å². The normalized spacial score (nSPS) is 12.2. The van der Waals surface area contributed by atoms with Crippen LogP contribution in [-0.4, -0.2) is 33.3 Å². The van der Waals surface area contributed by atoms with E-state index in [0.717, 1.165) is 17.9 Å². The predicted molar refractivity (Wildman–Crippen MR) is 90.8 cm³/mol. The van der Waals surface area contributed by atoms with Crippen molar-refractivity contribution in [3.8, 4) is 0 Å². The van der Waals surface area contributed by atoms with Crippen molar-refractivity contribution >= 4 is 24.3 Å². The lowest BCUT2D eigenvalue weighted by molar-refractivity contribution is -0.166. The Kier molecular flexibility index (Phi) is 13.0. The second kappa shape index (κ2) is 12.0. The molecule has 0 aliphatic rings. The molecule has 1 unspecified atom stereocenters. The van der Waals surface area contributed by atoms with Crippen LogP contribution in [0.3, 0.4) is 0 Å². The van der Waals surface area contributed by atoms with Crippen LogP contribution in [0.25, 0.3) is 0 Å². The van der Waals surface area contributed by atoms with E-state index in [4.69, 9.17) is 0 Å². The number of carbonyl (C=O) groups is 2. The summed E-state index contributed by atoms with van der Waals surface area (Å²) in [4.78, 5) is 22.5. The van der Waals surface area contributed by atoms with Crippen LogP contribution >= 0.6 is 12.6 Å². The zero-order valence-corrected chi connectivity index (χ0v) is 15.4. The average molecular weight is 320 g/mol. The van der Waals surface area contributed by atoms with Crippen molar-refractivity contribution in [3.05, 3.63) is 0 Å². The lowest BCUT2D eigenvalue weighted by Crippen LogP contribution is -2.33. The number of rotatable bonds is 9. The largest absolute Gasteiger partial charge is 0.300 e. The fourth-order valence-corrected chi connectivity index (χ4v) is 1.65. The number of thiol groups is 1. The van der Waals surface area contributed by atoms with Crippen molar-refractivity contribution < 1.29 is 14.8 Å². The average Bonchev–Trinajstić information content (AvgIpc) is 2.38. The van der Waals surface area contributed by atoms with Crippen molar-refractivity contribution in [3.63, 3.8) is 0 Å². The summed E-state index contributed by atoms with van der Waals surface area (Å²) in [6.07, 6.45) is 3.24. The predicted octanol–water partition coefficient (Wildman–Crippen LogP) is 4.11. The van der Waals surface area contributed by atoms with Gasteiger partial charge in [-0.2, -0.15) is 12.6 Å². The fraction of sp³-hybridized carbons (Fsp3) is 0.875. The number of hydrogen-bond donors (Lipinski definition) is 2. The van der Waals surface area contributed by atoms with Crippen LogP contribution in [0.15, 0.2) is 0 Å². The fourth-order valence-electron chi connectivity index (χ4n) is 1.55. The SMILES string of the molecule is CC.CC(=O)CCCCCN(O)C(=O)CC(C)C(C)(C)S. The van der Waals surface area contributed by atoms with Crippen molar-refractivity contribution in [2.45, 2.75) is 78.4 Å². The molecule has 0 aromatic heterocycles. The van der Waals surface area contributed by atoms with Crippen molar-refractivity contribution in [1.82, 2.24) is 5.06 Å². The van der Waals surface area contributed by atoms with Gasteiger partial charge in [0.1, 0.15) is 5.78 Å². The molecule has 1 amide bonds. The van der Waals surface area contributed by atoms with Gasteiger partial charge in [-0.05, 0) is 25.7 Å². The Morgan fingerprint density at radius 3 is 2.14 bits per heavy atom. The van der Waals surface area contributed by atoms with Crippen LogP contribution in [0, 0.1) is 5.92 Å². The monoisotopic (exact) mass is 319 g/mol. The molecule has 1 atom stereocenters. The zero-order chi connectivity index (χ0) is 17.1. The lowest BCUT2D eigenvalue weighted by atomic mass is 9.93. The molecule has 0 saturated carbocycles. The molecule has 0 heterocycles. The molecule has 1 N–H and O–H groups in total. The quantitative estimate of drug-likeness (QED) is 0.291. The van der Waals surface area contributed by atoms with Gasteiger partial charge in [-0.25, -0.2) is 5.06 Å². The van der Waals surface area contributed by atoms with Gasteiger partial charge in [-0.3, -0.25) is 10.0 Å². The highest BCUT2D eigenvalue weighted by molar-refractivity contribution is 7.81. The Balaban J connectivity index is 0. The van der Waals surface area contributed by atoms with Gasteiger partial charge >= 0.3 is 0 Å². The first-order chi connectivity index (χ1) is 9.64. The topological polar surface area (TPSA) is 57.6 Å². The number of nitrogens with zero attached hydrogens (tertiary/aromatic N) is 1. The number of hydrogen-bond acceptors (Lipinski definition) is 4. The number of ketones is 1. The van der Waals surface area contributed by atoms with E-state index in [1.165, 1.54) is 0 Å². The number of carbonyl (C=O) groups excluding carboxylic acids is 2. The highest BCUT2D eigenvalue weighted by atomic mass is 32.1. The third kappa shape index (κ3) is 12.9. The van der Waals surface area contributed by atoms with Crippen molar-refractivity contribution in [2.75, 3.05) is 6.54 Å². The number of hydroxylamine groups is 2. The van der Waals surface area contributed by atoms with E-state index in [2.05, 4.69) is 12.6 Å². The Morgan fingerprint density at radius 1 is 1.19 bits per heavy atom. The lowest BCUT2D eigenvalue weighted by Gasteiger charge is -2.27. The second-order valence-corrected chi connectivity index (χ2v) is 6.94. The van der Waals surface area contributed by atoms with Gasteiger partial charge in [0.25, 0.3) is 0 Å². The molecule has 0 aromatic rings. The first-order valence-corrected chi connectivity index (χ1v) is 8.30. The Hall–Kier alpha value is -0.550. The molecule has 0 rings (SSSR count). The van der Waals surface area contributed by atoms with Crippen molar-refractivity contribution in [2.24, 2.45) is 5.92 Å². The first kappa shape index (κ1) is 22.7. The minimum atomic E-state index is -0.263. The van der Waals surface area contributed by atoms with Crippen LogP contribution < -0.4 is 0 Å². The summed E-state index contributed by atoms with van der Waals surface area (Å²) in [5.74, 6) is 0.0126. The maximum Gasteiger partial charge on any atom is 0.246 e. The van der Waals surface area contributed by atoms with E-state index in [-0.39, 0.29) is 22.4 Å². The van der Waals surface area contributed by atoms with Gasteiger partial charge in [0.2, 0.25) is 5.91 Å². The molecule has 0 bridgehead atoms. The summed E-state index contributed by atoms with van der Waals surface area (Å²) in [6, 6.07) is 0. The molecule has 0 saturated heterocycles. The van der Waals surface area contributed by atoms with E-state index in [9.17, 15) is 14.8 Å². The van der Waals surface area contributed by atoms with Crippen LogP contribution in [-0.2, 0) is 9.59 Å². The van der Waals surface area contributed by atoms with E-state index in [0.29, 0.717) is 25.8 Å². The summed E-state index contributed by atoms with van der Waals surface area (Å²) in [6.45, 7) is 11.8. The van der Waals surface area contributed by atoms with E-state index in [1.807, 2.05) is 34.6 Å². The molecular formula is C16H33NO3S. The molecule has 0 fully saturated rings. The van der Waals surface area contributed by atoms with Crippen LogP contribution in [0.1, 0.15) is 73.6 Å². The summed E-state index contributed by atoms with van der Waals surface area (Å²) >= 11 is 4.43. The summed E-state index contributed by atoms with van der Waals surface area (Å²) in [5, 5.41) is 10.4. The Morgan fingerprint density at radius 2 is 1.71 bits per heavy atom. The Bertz CT molecular complexity index is 300. The minimum absolute atomic E-state index is 0.0932. The maximum atomic E-state index is 11.8. The zero-order valence-electron chi connectivity index (χ0n) is 14.5. The minimum Gasteiger partial charge on any atom is -0.300 e. The van der Waals surface area contributed by atoms with E-state index in [1.54, 1.807) is 6.92 Å².